The van der Waals surface area contributed by atoms with Crippen LogP contribution >= 0.6 is 0 Å². The molecule has 0 aromatic heterocycles. The van der Waals surface area contributed by atoms with Gasteiger partial charge in [0.1, 0.15) is 0 Å². The molecule has 5 rings (SSSR count). The largest absolute Gasteiger partial charge is 0.393 e. The first-order valence-electron chi connectivity index (χ1n) is 16.2. The summed E-state index contributed by atoms with van der Waals surface area (Å²) < 4.78 is 0. The molecule has 1 aromatic rings. The zero-order valence-corrected chi connectivity index (χ0v) is 26.0. The minimum absolute atomic E-state index is 0.0318. The molecule has 40 heavy (non-hydrogen) atoms. The molecule has 4 fully saturated rings. The Balaban J connectivity index is 1.27. The Kier molecular flexibility index (Phi) is 8.10. The van der Waals surface area contributed by atoms with Gasteiger partial charge < -0.3 is 25.7 Å². The fourth-order valence-corrected chi connectivity index (χ4v) is 11.4. The molecule has 0 amide bonds. The summed E-state index contributed by atoms with van der Waals surface area (Å²) in [5.41, 5.74) is 0.0304. The van der Waals surface area contributed by atoms with Crippen molar-refractivity contribution >= 4 is 0 Å². The lowest BCUT2D eigenvalue weighted by Crippen LogP contribution is -2.68. The minimum Gasteiger partial charge on any atom is -0.393 e. The summed E-state index contributed by atoms with van der Waals surface area (Å²) in [5.74, 6) is 0.782. The number of fused-ring (bicyclic) bond motifs is 5. The van der Waals surface area contributed by atoms with E-state index in [1.54, 1.807) is 0 Å². The van der Waals surface area contributed by atoms with Crippen LogP contribution in [0.25, 0.3) is 0 Å². The van der Waals surface area contributed by atoms with Crippen molar-refractivity contribution < 1.29 is 20.4 Å². The van der Waals surface area contributed by atoms with E-state index in [2.05, 4.69) is 70.3 Å². The quantitative estimate of drug-likeness (QED) is 0.279. The Labute approximate surface area is 243 Å². The molecule has 0 saturated heterocycles. The van der Waals surface area contributed by atoms with Crippen LogP contribution in [0.15, 0.2) is 30.3 Å². The van der Waals surface area contributed by atoms with Gasteiger partial charge in [-0.05, 0) is 129 Å². The topological polar surface area (TPSA) is 93.0 Å². The van der Waals surface area contributed by atoms with Gasteiger partial charge in [-0.3, -0.25) is 0 Å². The normalized spacial score (nSPS) is 45.7. The first-order valence-corrected chi connectivity index (χ1v) is 16.2. The van der Waals surface area contributed by atoms with Crippen LogP contribution in [0, 0.1) is 45.3 Å². The van der Waals surface area contributed by atoms with Crippen LogP contribution in [0.5, 0.6) is 0 Å². The van der Waals surface area contributed by atoms with Crippen molar-refractivity contribution in [1.29, 1.82) is 0 Å². The monoisotopic (exact) mass is 555 g/mol. The highest BCUT2D eigenvalue weighted by Gasteiger charge is 2.72. The Morgan fingerprint density at radius 2 is 1.55 bits per heavy atom. The number of aliphatic hydroxyl groups excluding tert-OH is 3. The summed E-state index contributed by atoms with van der Waals surface area (Å²) in [5, 5.41) is 49.3. The third-order valence-electron chi connectivity index (χ3n) is 13.6. The third kappa shape index (κ3) is 4.71. The van der Waals surface area contributed by atoms with Gasteiger partial charge in [-0.2, -0.15) is 0 Å². The molecule has 4 aliphatic carbocycles. The van der Waals surface area contributed by atoms with E-state index in [1.807, 2.05) is 6.92 Å². The van der Waals surface area contributed by atoms with Gasteiger partial charge in [0, 0.05) is 0 Å². The Morgan fingerprint density at radius 3 is 2.25 bits per heavy atom. The smallest absolute Gasteiger partial charge is 0.0852 e. The van der Waals surface area contributed by atoms with Crippen molar-refractivity contribution in [1.82, 2.24) is 5.32 Å². The van der Waals surface area contributed by atoms with Gasteiger partial charge in [-0.25, -0.2) is 0 Å². The first-order chi connectivity index (χ1) is 18.7. The molecule has 226 valence electrons. The van der Waals surface area contributed by atoms with E-state index in [0.29, 0.717) is 12.3 Å². The van der Waals surface area contributed by atoms with Gasteiger partial charge in [0.25, 0.3) is 0 Å². The predicted octanol–water partition coefficient (Wildman–Crippen LogP) is 5.34. The zero-order chi connectivity index (χ0) is 29.1. The molecule has 5 heteroatoms. The van der Waals surface area contributed by atoms with Crippen LogP contribution in [-0.4, -0.2) is 57.4 Å². The molecule has 0 aliphatic heterocycles. The molecular weight excluding hydrogens is 498 g/mol. The van der Waals surface area contributed by atoms with Crippen molar-refractivity contribution in [3.8, 4) is 0 Å². The molecule has 4 saturated carbocycles. The average molecular weight is 556 g/mol. The second-order valence-corrected chi connectivity index (χ2v) is 15.9. The van der Waals surface area contributed by atoms with E-state index in [0.717, 1.165) is 64.5 Å². The summed E-state index contributed by atoms with van der Waals surface area (Å²) in [6.07, 6.45) is 6.27. The lowest BCUT2D eigenvalue weighted by atomic mass is 9.35. The Morgan fingerprint density at radius 1 is 0.875 bits per heavy atom. The van der Waals surface area contributed by atoms with Crippen molar-refractivity contribution in [2.75, 3.05) is 13.1 Å². The highest BCUT2D eigenvalue weighted by Crippen LogP contribution is 2.75. The molecule has 5 nitrogen and oxygen atoms in total. The molecule has 0 heterocycles. The number of benzene rings is 1. The molecule has 0 bridgehead atoms. The van der Waals surface area contributed by atoms with Crippen LogP contribution in [-0.2, 0) is 6.42 Å². The number of hydrogen-bond donors (Lipinski definition) is 5. The number of aliphatic hydroxyl groups is 4. The molecule has 4 aliphatic rings. The molecule has 0 radical (unpaired) electrons. The molecule has 11 atom stereocenters. The van der Waals surface area contributed by atoms with Gasteiger partial charge >= 0.3 is 0 Å². The van der Waals surface area contributed by atoms with Crippen molar-refractivity contribution in [3.05, 3.63) is 35.9 Å². The van der Waals surface area contributed by atoms with Gasteiger partial charge in [0.05, 0.1) is 23.9 Å². The maximum absolute atomic E-state index is 11.9. The van der Waals surface area contributed by atoms with Crippen LogP contribution in [0.1, 0.15) is 98.5 Å². The van der Waals surface area contributed by atoms with Crippen LogP contribution in [0.3, 0.4) is 0 Å². The Hall–Kier alpha value is -0.980. The van der Waals surface area contributed by atoms with Crippen molar-refractivity contribution in [3.63, 3.8) is 0 Å². The fourth-order valence-electron chi connectivity index (χ4n) is 11.4. The Bertz CT molecular complexity index is 1030. The maximum Gasteiger partial charge on any atom is 0.0852 e. The summed E-state index contributed by atoms with van der Waals surface area (Å²) >= 11 is 0. The molecule has 0 unspecified atom stereocenters. The van der Waals surface area contributed by atoms with Crippen LogP contribution in [0.4, 0.5) is 0 Å². The van der Waals surface area contributed by atoms with Gasteiger partial charge in [0.2, 0.25) is 0 Å². The van der Waals surface area contributed by atoms with Crippen LogP contribution in [0.2, 0.25) is 0 Å². The first kappa shape index (κ1) is 30.5. The number of hydrogen-bond acceptors (Lipinski definition) is 5. The molecular formula is C35H57NO4. The highest BCUT2D eigenvalue weighted by molar-refractivity contribution is 5.20. The predicted molar refractivity (Wildman–Crippen MR) is 161 cm³/mol. The summed E-state index contributed by atoms with van der Waals surface area (Å²) in [4.78, 5) is 0. The summed E-state index contributed by atoms with van der Waals surface area (Å²) in [6.45, 7) is 15.4. The van der Waals surface area contributed by atoms with Gasteiger partial charge in [-0.1, -0.05) is 65.0 Å². The zero-order valence-electron chi connectivity index (χ0n) is 26.0. The standard InChI is InChI=1S/C35H57NO4/c1-31(2)27-14-18-33(4)28(32(27,3)22-26(38)30(31)39)21-25(37)29-24(13-17-34(29,33)5)35(6,40)16-10-19-36-20-15-23-11-8-7-9-12-23/h7-9,11-12,24-30,36-40H,10,13-22H2,1-6H3/t24-,25+,26+,27-,28+,29-,30-,32-,33+,34+,35-/m0/s1. The maximum atomic E-state index is 11.9. The third-order valence-corrected chi connectivity index (χ3v) is 13.6. The fraction of sp³-hybridized carbons (Fsp3) is 0.829. The molecule has 5 N–H and O–H groups in total. The minimum atomic E-state index is -0.804. The van der Waals surface area contributed by atoms with E-state index in [4.69, 9.17) is 0 Å². The van der Waals surface area contributed by atoms with E-state index < -0.39 is 23.9 Å². The van der Waals surface area contributed by atoms with E-state index in [9.17, 15) is 20.4 Å². The molecule has 0 spiro atoms. The molecule has 1 aromatic carbocycles. The highest BCUT2D eigenvalue weighted by atomic mass is 16.3. The summed E-state index contributed by atoms with van der Waals surface area (Å²) in [6, 6.07) is 10.5. The van der Waals surface area contributed by atoms with Crippen LogP contribution < -0.4 is 5.32 Å². The lowest BCUT2D eigenvalue weighted by molar-refractivity contribution is -0.263. The van der Waals surface area contributed by atoms with Gasteiger partial charge in [-0.15, -0.1) is 0 Å². The average Bonchev–Trinajstić information content (AvgIpc) is 3.28. The second kappa shape index (κ2) is 10.6. The van der Waals surface area contributed by atoms with E-state index in [-0.39, 0.29) is 39.4 Å². The lowest BCUT2D eigenvalue weighted by Gasteiger charge is -2.71. The van der Waals surface area contributed by atoms with Crippen molar-refractivity contribution in [2.24, 2.45) is 45.3 Å². The summed E-state index contributed by atoms with van der Waals surface area (Å²) in [7, 11) is 0. The SMILES string of the molecule is CC1(C)[C@@H](O)[C@H](O)C[C@]2(C)[C@H]3C[C@@H](O)[C@@H]4[C@@H]([C@@](C)(O)CCCNCCc5ccccc5)CC[C@@]4(C)[C@]3(C)CC[C@@H]12. The number of rotatable bonds is 8. The van der Waals surface area contributed by atoms with Crippen molar-refractivity contribution in [2.45, 2.75) is 123 Å². The second-order valence-electron chi connectivity index (χ2n) is 15.9. The van der Waals surface area contributed by atoms with E-state index >= 15 is 0 Å². The number of nitrogens with one attached hydrogen (secondary N) is 1. The van der Waals surface area contributed by atoms with Gasteiger partial charge in [0.15, 0.2) is 0 Å². The van der Waals surface area contributed by atoms with E-state index in [1.165, 1.54) is 5.56 Å².